The molecule has 0 unspecified atom stereocenters. The van der Waals surface area contributed by atoms with Crippen LogP contribution in [0.3, 0.4) is 0 Å². The van der Waals surface area contributed by atoms with Gasteiger partial charge in [0.2, 0.25) is 0 Å². The molecule has 5 heteroatoms. The van der Waals surface area contributed by atoms with Gasteiger partial charge in [-0.1, -0.05) is 6.07 Å². The summed E-state index contributed by atoms with van der Waals surface area (Å²) >= 11 is 0. The van der Waals surface area contributed by atoms with E-state index in [1.54, 1.807) is 12.1 Å². The maximum absolute atomic E-state index is 13.2. The molecule has 0 N–H and O–H groups in total. The molecule has 0 saturated heterocycles. The van der Waals surface area contributed by atoms with E-state index in [4.69, 9.17) is 0 Å². The number of nitro benzene ring substituents is 1. The van der Waals surface area contributed by atoms with Crippen molar-refractivity contribution in [3.05, 3.63) is 46.4 Å². The van der Waals surface area contributed by atoms with Crippen molar-refractivity contribution in [3.8, 4) is 0 Å². The Labute approximate surface area is 78.2 Å². The van der Waals surface area contributed by atoms with Crippen LogP contribution < -0.4 is 0 Å². The van der Waals surface area contributed by atoms with E-state index >= 15 is 0 Å². The van der Waals surface area contributed by atoms with E-state index < -0.39 is 10.7 Å². The van der Waals surface area contributed by atoms with Crippen molar-refractivity contribution < 1.29 is 9.31 Å². The molecular formula is C9H5FN2O2. The van der Waals surface area contributed by atoms with Gasteiger partial charge in [0.1, 0.15) is 5.52 Å². The van der Waals surface area contributed by atoms with Crippen molar-refractivity contribution in [2.45, 2.75) is 0 Å². The highest BCUT2D eigenvalue weighted by atomic mass is 19.1. The van der Waals surface area contributed by atoms with Crippen molar-refractivity contribution in [1.82, 2.24) is 4.98 Å². The molecular weight excluding hydrogens is 187 g/mol. The second-order valence-corrected chi connectivity index (χ2v) is 2.76. The van der Waals surface area contributed by atoms with Crippen LogP contribution in [0.25, 0.3) is 10.9 Å². The highest BCUT2D eigenvalue weighted by Gasteiger charge is 2.11. The van der Waals surface area contributed by atoms with Crippen LogP contribution >= 0.6 is 0 Å². The molecule has 0 aliphatic carbocycles. The fourth-order valence-corrected chi connectivity index (χ4v) is 1.24. The summed E-state index contributed by atoms with van der Waals surface area (Å²) in [6.45, 7) is 0. The number of rotatable bonds is 1. The molecule has 0 amide bonds. The Kier molecular flexibility index (Phi) is 1.85. The Morgan fingerprint density at radius 3 is 2.93 bits per heavy atom. The lowest BCUT2D eigenvalue weighted by Gasteiger charge is -1.97. The molecule has 2 aromatic rings. The molecule has 0 aliphatic rings. The third-order valence-electron chi connectivity index (χ3n) is 1.85. The first kappa shape index (κ1) is 8.55. The average Bonchev–Trinajstić information content (AvgIpc) is 2.17. The van der Waals surface area contributed by atoms with Crippen LogP contribution in [0.2, 0.25) is 0 Å². The van der Waals surface area contributed by atoms with Gasteiger partial charge < -0.3 is 0 Å². The molecule has 0 aliphatic heterocycles. The molecule has 14 heavy (non-hydrogen) atoms. The minimum atomic E-state index is -0.671. The zero-order valence-electron chi connectivity index (χ0n) is 6.98. The summed E-state index contributed by atoms with van der Waals surface area (Å²) in [5, 5.41) is 10.8. The zero-order valence-corrected chi connectivity index (χ0v) is 6.98. The predicted molar refractivity (Wildman–Crippen MR) is 48.4 cm³/mol. The maximum Gasteiger partial charge on any atom is 0.273 e. The monoisotopic (exact) mass is 192 g/mol. The minimum Gasteiger partial charge on any atom is -0.258 e. The van der Waals surface area contributed by atoms with Crippen LogP contribution in [-0.4, -0.2) is 9.91 Å². The smallest absolute Gasteiger partial charge is 0.258 e. The summed E-state index contributed by atoms with van der Waals surface area (Å²) < 4.78 is 13.2. The number of hydrogen-bond acceptors (Lipinski definition) is 3. The van der Waals surface area contributed by atoms with Crippen LogP contribution in [0.4, 0.5) is 10.1 Å². The van der Waals surface area contributed by atoms with Gasteiger partial charge in [-0.3, -0.25) is 15.1 Å². The van der Waals surface area contributed by atoms with E-state index in [0.717, 1.165) is 6.07 Å². The molecule has 0 bridgehead atoms. The third-order valence-corrected chi connectivity index (χ3v) is 1.85. The first-order valence-corrected chi connectivity index (χ1v) is 3.87. The molecule has 0 spiro atoms. The first-order valence-electron chi connectivity index (χ1n) is 3.87. The number of pyridine rings is 1. The van der Waals surface area contributed by atoms with E-state index in [0.29, 0.717) is 5.39 Å². The van der Waals surface area contributed by atoms with Crippen molar-refractivity contribution in [2.75, 3.05) is 0 Å². The van der Waals surface area contributed by atoms with Gasteiger partial charge in [0.05, 0.1) is 11.0 Å². The number of fused-ring (bicyclic) bond motifs is 1. The van der Waals surface area contributed by atoms with Crippen molar-refractivity contribution in [2.24, 2.45) is 0 Å². The van der Waals surface area contributed by atoms with E-state index in [-0.39, 0.29) is 11.2 Å². The summed E-state index contributed by atoms with van der Waals surface area (Å²) in [5.74, 6) is -0.671. The lowest BCUT2D eigenvalue weighted by Crippen LogP contribution is -1.91. The molecule has 0 radical (unpaired) electrons. The zero-order chi connectivity index (χ0) is 10.1. The van der Waals surface area contributed by atoms with Gasteiger partial charge in [-0.05, 0) is 6.07 Å². The molecule has 1 aromatic heterocycles. The van der Waals surface area contributed by atoms with Gasteiger partial charge in [-0.2, -0.15) is 0 Å². The summed E-state index contributed by atoms with van der Waals surface area (Å²) in [6.07, 6.45) is 1.44. The van der Waals surface area contributed by atoms with Crippen LogP contribution in [0.5, 0.6) is 0 Å². The predicted octanol–water partition coefficient (Wildman–Crippen LogP) is 2.28. The Morgan fingerprint density at radius 1 is 1.43 bits per heavy atom. The highest BCUT2D eigenvalue weighted by Crippen LogP contribution is 2.21. The van der Waals surface area contributed by atoms with Crippen molar-refractivity contribution in [3.63, 3.8) is 0 Å². The summed E-state index contributed by atoms with van der Waals surface area (Å²) in [4.78, 5) is 13.6. The number of halogens is 1. The first-order chi connectivity index (χ1) is 6.68. The van der Waals surface area contributed by atoms with Crippen LogP contribution in [0.1, 0.15) is 0 Å². The van der Waals surface area contributed by atoms with Gasteiger partial charge in [-0.15, -0.1) is 0 Å². The van der Waals surface area contributed by atoms with E-state index in [2.05, 4.69) is 4.98 Å². The third kappa shape index (κ3) is 1.28. The standard InChI is InChI=1S/C9H5FN2O2/c10-8-5-7(12(13)14)4-6-2-1-3-11-9(6)8/h1-5H. The van der Waals surface area contributed by atoms with E-state index in [9.17, 15) is 14.5 Å². The number of non-ortho nitro benzene ring substituents is 1. The van der Waals surface area contributed by atoms with Gasteiger partial charge in [-0.25, -0.2) is 4.39 Å². The minimum absolute atomic E-state index is 0.151. The summed E-state index contributed by atoms with van der Waals surface area (Å²) in [7, 11) is 0. The van der Waals surface area contributed by atoms with Gasteiger partial charge in [0.25, 0.3) is 5.69 Å². The Balaban J connectivity index is 2.78. The molecule has 4 nitrogen and oxygen atoms in total. The number of hydrogen-bond donors (Lipinski definition) is 0. The second kappa shape index (κ2) is 3.02. The highest BCUT2D eigenvalue weighted by molar-refractivity contribution is 5.81. The van der Waals surface area contributed by atoms with E-state index in [1.165, 1.54) is 12.3 Å². The maximum atomic E-state index is 13.2. The summed E-state index contributed by atoms with van der Waals surface area (Å²) in [6, 6.07) is 5.35. The average molecular weight is 192 g/mol. The van der Waals surface area contributed by atoms with Crippen molar-refractivity contribution in [1.29, 1.82) is 0 Å². The molecule has 0 saturated carbocycles. The van der Waals surface area contributed by atoms with Crippen LogP contribution in [0.15, 0.2) is 30.5 Å². The molecule has 70 valence electrons. The molecule has 0 fully saturated rings. The fraction of sp³-hybridized carbons (Fsp3) is 0. The van der Waals surface area contributed by atoms with Crippen molar-refractivity contribution >= 4 is 16.6 Å². The molecule has 1 heterocycles. The lowest BCUT2D eigenvalue weighted by atomic mass is 10.2. The van der Waals surface area contributed by atoms with Gasteiger partial charge in [0.15, 0.2) is 5.82 Å². The largest absolute Gasteiger partial charge is 0.273 e. The quantitative estimate of drug-likeness (QED) is 0.514. The van der Waals surface area contributed by atoms with Crippen LogP contribution in [0, 0.1) is 15.9 Å². The fourth-order valence-electron chi connectivity index (χ4n) is 1.24. The van der Waals surface area contributed by atoms with E-state index in [1.807, 2.05) is 0 Å². The Morgan fingerprint density at radius 2 is 2.21 bits per heavy atom. The Bertz CT molecular complexity index is 513. The molecule has 0 atom stereocenters. The summed E-state index contributed by atoms with van der Waals surface area (Å²) in [5.41, 5.74) is -0.110. The number of nitrogens with zero attached hydrogens (tertiary/aromatic N) is 2. The second-order valence-electron chi connectivity index (χ2n) is 2.76. The van der Waals surface area contributed by atoms with Gasteiger partial charge >= 0.3 is 0 Å². The molecule has 1 aromatic carbocycles. The van der Waals surface area contributed by atoms with Crippen LogP contribution in [-0.2, 0) is 0 Å². The number of nitro groups is 1. The topological polar surface area (TPSA) is 56.0 Å². The number of aromatic nitrogens is 1. The number of benzene rings is 1. The van der Waals surface area contributed by atoms with Gasteiger partial charge in [0, 0.05) is 17.6 Å². The SMILES string of the molecule is O=[N+]([O-])c1cc(F)c2ncccc2c1. The molecule has 2 rings (SSSR count). The Hall–Kier alpha value is -2.04. The lowest BCUT2D eigenvalue weighted by molar-refractivity contribution is -0.384. The normalized spacial score (nSPS) is 10.4.